The third-order valence-corrected chi connectivity index (χ3v) is 3.73. The van der Waals surface area contributed by atoms with Crippen LogP contribution in [0.2, 0.25) is 5.02 Å². The molecule has 0 aromatic heterocycles. The van der Waals surface area contributed by atoms with Crippen LogP contribution in [-0.2, 0) is 11.4 Å². The summed E-state index contributed by atoms with van der Waals surface area (Å²) >= 11 is 7.99. The first kappa shape index (κ1) is 14.0. The molecular weight excluding hydrogens is 310 g/mol. The van der Waals surface area contributed by atoms with E-state index >= 15 is 0 Å². The predicted molar refractivity (Wildman–Crippen MR) is 74.6 cm³/mol. The van der Waals surface area contributed by atoms with E-state index < -0.39 is 11.4 Å². The molecule has 1 unspecified atom stereocenters. The first-order valence-corrected chi connectivity index (χ1v) is 6.99. The Hall–Kier alpha value is -0.0300. The Kier molecular flexibility index (Phi) is 4.86. The summed E-state index contributed by atoms with van der Waals surface area (Å²) in [6.07, 6.45) is 1.58. The summed E-state index contributed by atoms with van der Waals surface area (Å²) in [5, 5.41) is 0.623. The second-order valence-corrected chi connectivity index (χ2v) is 7.58. The lowest BCUT2D eigenvalue weighted by atomic mass is 10.2. The molecule has 5 heteroatoms. The third kappa shape index (κ3) is 4.45. The summed E-state index contributed by atoms with van der Waals surface area (Å²) < 4.78 is 16.2. The molecule has 88 valence electrons. The highest BCUT2D eigenvalue weighted by Crippen LogP contribution is 2.20. The van der Waals surface area contributed by atoms with Crippen LogP contribution >= 0.6 is 27.5 Å². The molecule has 1 aromatic rings. The van der Waals surface area contributed by atoms with Crippen LogP contribution in [0.25, 0.3) is 0 Å². The van der Waals surface area contributed by atoms with Crippen LogP contribution in [0.3, 0.4) is 0 Å². The van der Waals surface area contributed by atoms with Gasteiger partial charge in [-0.2, -0.15) is 0 Å². The van der Waals surface area contributed by atoms with Gasteiger partial charge in [-0.3, -0.25) is 0 Å². The van der Waals surface area contributed by atoms with Crippen LogP contribution in [0.15, 0.2) is 27.1 Å². The maximum absolute atomic E-state index is 11.7. The van der Waals surface area contributed by atoms with Crippen LogP contribution < -0.4 is 0 Å². The van der Waals surface area contributed by atoms with Crippen LogP contribution in [0.5, 0.6) is 0 Å². The molecule has 0 radical (unpaired) electrons. The van der Waals surface area contributed by atoms with Crippen molar-refractivity contribution < 1.29 is 4.55 Å². The van der Waals surface area contributed by atoms with Gasteiger partial charge >= 0.3 is 0 Å². The molecule has 0 aliphatic heterocycles. The monoisotopic (exact) mass is 321 g/mol. The molecule has 0 aliphatic carbocycles. The van der Waals surface area contributed by atoms with E-state index in [9.17, 15) is 4.55 Å². The molecule has 1 aromatic carbocycles. The Morgan fingerprint density at radius 3 is 2.50 bits per heavy atom. The molecule has 1 rings (SSSR count). The fraction of sp³-hybridized carbons (Fsp3) is 0.364. The van der Waals surface area contributed by atoms with Gasteiger partial charge in [0.25, 0.3) is 0 Å². The zero-order valence-electron chi connectivity index (χ0n) is 9.33. The number of rotatable bonds is 2. The molecule has 16 heavy (non-hydrogen) atoms. The first-order valence-electron chi connectivity index (χ1n) is 4.71. The molecule has 0 spiro atoms. The van der Waals surface area contributed by atoms with Gasteiger partial charge in [-0.05, 0) is 44.5 Å². The van der Waals surface area contributed by atoms with Crippen molar-refractivity contribution in [3.63, 3.8) is 0 Å². The smallest absolute Gasteiger partial charge is 0.144 e. The maximum atomic E-state index is 11.7. The van der Waals surface area contributed by atoms with Crippen LogP contribution in [0.1, 0.15) is 26.3 Å². The number of nitrogens with zero attached hydrogens (tertiary/aromatic N) is 1. The van der Waals surface area contributed by atoms with Gasteiger partial charge in [-0.25, -0.2) is 0 Å². The SMILES string of the molecule is CC(C)(C)[S+]([O-])/N=C/c1cc(Cl)cc(Br)c1. The second kappa shape index (κ2) is 5.54. The first-order chi connectivity index (χ1) is 7.29. The molecule has 2 nitrogen and oxygen atoms in total. The third-order valence-electron chi connectivity index (χ3n) is 1.71. The number of benzene rings is 1. The van der Waals surface area contributed by atoms with Gasteiger partial charge in [0.2, 0.25) is 0 Å². The van der Waals surface area contributed by atoms with E-state index in [1.54, 1.807) is 18.3 Å². The van der Waals surface area contributed by atoms with E-state index in [-0.39, 0.29) is 4.75 Å². The highest BCUT2D eigenvalue weighted by molar-refractivity contribution is 9.10. The van der Waals surface area contributed by atoms with Crippen molar-refractivity contribution in [2.45, 2.75) is 25.5 Å². The number of hydrogen-bond donors (Lipinski definition) is 0. The average Bonchev–Trinajstić information content (AvgIpc) is 2.11. The Labute approximate surface area is 113 Å². The van der Waals surface area contributed by atoms with E-state index in [0.717, 1.165) is 10.0 Å². The van der Waals surface area contributed by atoms with Gasteiger partial charge < -0.3 is 4.55 Å². The highest BCUT2D eigenvalue weighted by atomic mass is 79.9. The molecule has 0 heterocycles. The molecule has 0 saturated heterocycles. The van der Waals surface area contributed by atoms with Crippen molar-refractivity contribution >= 4 is 45.1 Å². The van der Waals surface area contributed by atoms with Gasteiger partial charge in [0.15, 0.2) is 0 Å². The average molecular weight is 323 g/mol. The second-order valence-electron chi connectivity index (χ2n) is 4.30. The Morgan fingerprint density at radius 1 is 1.38 bits per heavy atom. The van der Waals surface area contributed by atoms with Crippen molar-refractivity contribution in [3.8, 4) is 0 Å². The fourth-order valence-corrected chi connectivity index (χ4v) is 2.34. The Bertz CT molecular complexity index is 383. The van der Waals surface area contributed by atoms with Gasteiger partial charge in [0.1, 0.15) is 16.1 Å². The van der Waals surface area contributed by atoms with Crippen molar-refractivity contribution in [2.24, 2.45) is 4.40 Å². The van der Waals surface area contributed by atoms with Crippen LogP contribution in [0, 0.1) is 0 Å². The zero-order valence-corrected chi connectivity index (χ0v) is 12.5. The Balaban J connectivity index is 2.84. The summed E-state index contributed by atoms with van der Waals surface area (Å²) in [5.74, 6) is 0. The molecule has 1 atom stereocenters. The molecule has 0 bridgehead atoms. The lowest BCUT2D eigenvalue weighted by molar-refractivity contribution is 0.562. The normalized spacial score (nSPS) is 14.4. The van der Waals surface area contributed by atoms with Gasteiger partial charge in [0, 0.05) is 9.50 Å². The largest absolute Gasteiger partial charge is 0.591 e. The Morgan fingerprint density at radius 2 is 2.00 bits per heavy atom. The maximum Gasteiger partial charge on any atom is 0.144 e. The number of halogens is 2. The number of hydrogen-bond acceptors (Lipinski definition) is 2. The summed E-state index contributed by atoms with van der Waals surface area (Å²) in [6.45, 7) is 5.65. The topological polar surface area (TPSA) is 35.4 Å². The van der Waals surface area contributed by atoms with Crippen LogP contribution in [0.4, 0.5) is 0 Å². The minimum Gasteiger partial charge on any atom is -0.591 e. The standard InChI is InChI=1S/C11H13BrClNOS/c1-11(2,3)16(15)14-7-8-4-9(12)6-10(13)5-8/h4-7H,1-3H3/b14-7+. The summed E-state index contributed by atoms with van der Waals surface area (Å²) in [5.41, 5.74) is 0.831. The van der Waals surface area contributed by atoms with E-state index in [1.165, 1.54) is 0 Å². The van der Waals surface area contributed by atoms with Gasteiger partial charge in [-0.1, -0.05) is 31.9 Å². The lowest BCUT2D eigenvalue weighted by Gasteiger charge is -2.17. The molecule has 0 saturated carbocycles. The van der Waals surface area contributed by atoms with Crippen molar-refractivity contribution in [1.29, 1.82) is 0 Å². The fourth-order valence-electron chi connectivity index (χ4n) is 0.917. The highest BCUT2D eigenvalue weighted by Gasteiger charge is 2.25. The van der Waals surface area contributed by atoms with E-state index in [1.807, 2.05) is 26.8 Å². The van der Waals surface area contributed by atoms with Crippen molar-refractivity contribution in [2.75, 3.05) is 0 Å². The minimum absolute atomic E-state index is 0.341. The minimum atomic E-state index is -1.24. The lowest BCUT2D eigenvalue weighted by Crippen LogP contribution is -2.25. The molecule has 0 amide bonds. The molecule has 0 fully saturated rings. The van der Waals surface area contributed by atoms with Crippen molar-refractivity contribution in [3.05, 3.63) is 33.3 Å². The molecule has 0 N–H and O–H groups in total. The summed E-state index contributed by atoms with van der Waals surface area (Å²) in [4.78, 5) is 0. The quantitative estimate of drug-likeness (QED) is 0.599. The van der Waals surface area contributed by atoms with Crippen molar-refractivity contribution in [1.82, 2.24) is 0 Å². The van der Waals surface area contributed by atoms with Gasteiger partial charge in [0.05, 0.1) is 6.21 Å². The zero-order chi connectivity index (χ0) is 12.3. The van der Waals surface area contributed by atoms with E-state index in [0.29, 0.717) is 5.02 Å². The molecular formula is C11H13BrClNOS. The summed E-state index contributed by atoms with van der Waals surface area (Å²) in [6, 6.07) is 5.44. The molecule has 0 aliphatic rings. The van der Waals surface area contributed by atoms with E-state index in [2.05, 4.69) is 20.3 Å². The summed E-state index contributed by atoms with van der Waals surface area (Å²) in [7, 11) is 0. The predicted octanol–water partition coefficient (Wildman–Crippen LogP) is 3.98. The van der Waals surface area contributed by atoms with Crippen LogP contribution in [-0.4, -0.2) is 15.5 Å². The van der Waals surface area contributed by atoms with Gasteiger partial charge in [-0.15, -0.1) is 0 Å². The van der Waals surface area contributed by atoms with E-state index in [4.69, 9.17) is 11.6 Å².